The van der Waals surface area contributed by atoms with Crippen LogP contribution in [-0.2, 0) is 5.41 Å². The first kappa shape index (κ1) is 34.2. The van der Waals surface area contributed by atoms with Gasteiger partial charge in [-0.05, 0) is 123 Å². The Kier molecular flexibility index (Phi) is 7.76. The van der Waals surface area contributed by atoms with Crippen LogP contribution >= 0.6 is 0 Å². The van der Waals surface area contributed by atoms with Crippen molar-refractivity contribution in [2.24, 2.45) is 0 Å². The highest BCUT2D eigenvalue weighted by Gasteiger charge is 2.55. The summed E-state index contributed by atoms with van der Waals surface area (Å²) in [6, 6.07) is 83.1. The number of hydrogen-bond donors (Lipinski definition) is 0. The van der Waals surface area contributed by atoms with Gasteiger partial charge in [0.05, 0.1) is 0 Å². The lowest BCUT2D eigenvalue weighted by atomic mass is 9.73. The average molecular weight is 767 g/mol. The van der Waals surface area contributed by atoms with Gasteiger partial charge in [-0.25, -0.2) is 0 Å². The van der Waals surface area contributed by atoms with E-state index in [-0.39, 0.29) is 0 Å². The Morgan fingerprint density at radius 3 is 1.37 bits per heavy atom. The summed E-state index contributed by atoms with van der Waals surface area (Å²) in [4.78, 5) is 4.74. The topological polar surface area (TPSA) is 19.6 Å². The van der Waals surface area contributed by atoms with Crippen LogP contribution in [0.5, 0.6) is 0 Å². The molecule has 0 radical (unpaired) electrons. The van der Waals surface area contributed by atoms with Gasteiger partial charge in [-0.2, -0.15) is 0 Å². The number of rotatable bonds is 7. The molecule has 0 N–H and O–H groups in total. The van der Waals surface area contributed by atoms with Crippen molar-refractivity contribution in [2.75, 3.05) is 9.80 Å². The van der Waals surface area contributed by atoms with Crippen molar-refractivity contribution in [3.63, 3.8) is 0 Å². The van der Waals surface area contributed by atoms with Crippen molar-refractivity contribution in [1.82, 2.24) is 0 Å². The zero-order valence-electron chi connectivity index (χ0n) is 32.7. The van der Waals surface area contributed by atoms with Crippen LogP contribution in [0.1, 0.15) is 22.5 Å². The summed E-state index contributed by atoms with van der Waals surface area (Å²) in [7, 11) is 0. The largest absolute Gasteiger partial charge is 0.459 e. The summed E-state index contributed by atoms with van der Waals surface area (Å²) in [5.41, 5.74) is 17.6. The fourth-order valence-corrected chi connectivity index (χ4v) is 9.90. The minimum Gasteiger partial charge on any atom is -0.459 e. The van der Waals surface area contributed by atoms with Crippen molar-refractivity contribution >= 4 is 45.1 Å². The summed E-state index contributed by atoms with van der Waals surface area (Å²) in [6.07, 6.45) is 0. The van der Waals surface area contributed by atoms with Gasteiger partial charge in [-0.3, -0.25) is 0 Å². The maximum atomic E-state index is 7.21. The van der Waals surface area contributed by atoms with Gasteiger partial charge in [0.25, 0.3) is 0 Å². The molecule has 0 bridgehead atoms. The van der Waals surface area contributed by atoms with E-state index in [1.165, 1.54) is 50.1 Å². The zero-order valence-corrected chi connectivity index (χ0v) is 32.7. The molecule has 12 rings (SSSR count). The summed E-state index contributed by atoms with van der Waals surface area (Å²) in [5.74, 6) is 0.976. The number of nitrogens with zero attached hydrogens (tertiary/aromatic N) is 2. The third kappa shape index (κ3) is 5.09. The first-order valence-corrected chi connectivity index (χ1v) is 20.6. The Balaban J connectivity index is 1.12. The Bertz CT molecular complexity index is 3150. The lowest BCUT2D eigenvalue weighted by Gasteiger charge is -2.32. The molecule has 0 fully saturated rings. The molecule has 9 aromatic carbocycles. The highest BCUT2D eigenvalue weighted by atomic mass is 16.3. The summed E-state index contributed by atoms with van der Waals surface area (Å²) in [6.45, 7) is 0. The van der Waals surface area contributed by atoms with Crippen LogP contribution in [0.25, 0.3) is 44.3 Å². The van der Waals surface area contributed by atoms with Crippen molar-refractivity contribution in [2.45, 2.75) is 5.41 Å². The minimum atomic E-state index is -0.722. The van der Waals surface area contributed by atoms with Crippen LogP contribution in [0.4, 0.5) is 34.1 Å². The lowest BCUT2D eigenvalue weighted by molar-refractivity contribution is 0.507. The highest BCUT2D eigenvalue weighted by molar-refractivity contribution is 6.05. The summed E-state index contributed by atoms with van der Waals surface area (Å²) >= 11 is 0. The third-order valence-electron chi connectivity index (χ3n) is 12.4. The molecule has 3 nitrogen and oxygen atoms in total. The van der Waals surface area contributed by atoms with E-state index < -0.39 is 5.41 Å². The van der Waals surface area contributed by atoms with Gasteiger partial charge in [0, 0.05) is 45.1 Å². The number of furan rings is 1. The first-order valence-electron chi connectivity index (χ1n) is 20.6. The van der Waals surface area contributed by atoms with Gasteiger partial charge in [0.2, 0.25) is 0 Å². The number of hydrogen-bond acceptors (Lipinski definition) is 3. The van der Waals surface area contributed by atoms with Crippen molar-refractivity contribution in [3.05, 3.63) is 253 Å². The molecular weight excluding hydrogens is 729 g/mol. The highest BCUT2D eigenvalue weighted by Crippen LogP contribution is 2.65. The number of anilines is 6. The molecule has 1 unspecified atom stereocenters. The average Bonchev–Trinajstić information content (AvgIpc) is 3.94. The lowest BCUT2D eigenvalue weighted by Crippen LogP contribution is -2.26. The van der Waals surface area contributed by atoms with E-state index in [4.69, 9.17) is 4.42 Å². The molecule has 282 valence electrons. The molecule has 0 saturated heterocycles. The van der Waals surface area contributed by atoms with E-state index in [1.807, 2.05) is 0 Å². The van der Waals surface area contributed by atoms with E-state index in [9.17, 15) is 0 Å². The van der Waals surface area contributed by atoms with Gasteiger partial charge in [0.15, 0.2) is 0 Å². The fraction of sp³-hybridized carbons (Fsp3) is 0.0175. The Morgan fingerprint density at radius 2 is 0.750 bits per heavy atom. The maximum absolute atomic E-state index is 7.21. The standard InChI is InChI=1S/C57H38N2O/c1-5-17-39(18-6-1)40-29-31-44(32-30-40)59(43-23-11-4-12-24-43)45-33-35-48-47-25-13-15-27-51(47)57(52(48)37-45)53-38-46(58(41-19-7-2-8-20-41)42-21-9-3-10-22-42)34-36-49(53)55-50-26-14-16-28-54(50)60-56(55)57/h1-38H. The molecule has 10 aromatic rings. The normalized spacial score (nSPS) is 14.4. The predicted octanol–water partition coefficient (Wildman–Crippen LogP) is 15.4. The summed E-state index contributed by atoms with van der Waals surface area (Å²) < 4.78 is 7.21. The van der Waals surface area contributed by atoms with Crippen molar-refractivity contribution in [1.29, 1.82) is 0 Å². The molecule has 0 amide bonds. The van der Waals surface area contributed by atoms with Crippen LogP contribution in [0, 0.1) is 0 Å². The minimum absolute atomic E-state index is 0.722. The van der Waals surface area contributed by atoms with Gasteiger partial charge in [-0.1, -0.05) is 152 Å². The Labute approximate surface area is 349 Å². The van der Waals surface area contributed by atoms with E-state index >= 15 is 0 Å². The SMILES string of the molecule is c1ccc(-c2ccc(N(c3ccccc3)c3ccc4c(c3)C3(c5ccccc5-4)c4cc(N(c5ccccc5)c5ccccc5)ccc4-c4c3oc3ccccc43)cc2)cc1. The van der Waals surface area contributed by atoms with Crippen LogP contribution < -0.4 is 9.80 Å². The molecule has 2 aliphatic carbocycles. The zero-order chi connectivity index (χ0) is 39.6. The third-order valence-corrected chi connectivity index (χ3v) is 12.4. The van der Waals surface area contributed by atoms with Crippen molar-refractivity contribution < 1.29 is 4.42 Å². The predicted molar refractivity (Wildman–Crippen MR) is 247 cm³/mol. The van der Waals surface area contributed by atoms with Crippen LogP contribution in [0.3, 0.4) is 0 Å². The molecule has 1 atom stereocenters. The van der Waals surface area contributed by atoms with Crippen molar-refractivity contribution in [3.8, 4) is 33.4 Å². The molecule has 2 aliphatic rings. The number of para-hydroxylation sites is 4. The number of fused-ring (bicyclic) bond motifs is 12. The van der Waals surface area contributed by atoms with Gasteiger partial charge in [-0.15, -0.1) is 0 Å². The van der Waals surface area contributed by atoms with Gasteiger partial charge in [0.1, 0.15) is 16.8 Å². The Hall–Kier alpha value is -7.88. The fourth-order valence-electron chi connectivity index (χ4n) is 9.90. The Morgan fingerprint density at radius 1 is 0.317 bits per heavy atom. The van der Waals surface area contributed by atoms with Gasteiger partial charge < -0.3 is 14.2 Å². The van der Waals surface area contributed by atoms with E-state index in [0.29, 0.717) is 0 Å². The van der Waals surface area contributed by atoms with E-state index in [0.717, 1.165) is 50.9 Å². The molecule has 1 heterocycles. The van der Waals surface area contributed by atoms with Crippen LogP contribution in [0.2, 0.25) is 0 Å². The first-order chi connectivity index (χ1) is 29.8. The molecular formula is C57H38N2O. The molecule has 3 heteroatoms. The monoisotopic (exact) mass is 766 g/mol. The van der Waals surface area contributed by atoms with Gasteiger partial charge >= 0.3 is 0 Å². The second kappa shape index (κ2) is 13.6. The smallest absolute Gasteiger partial charge is 0.135 e. The number of benzene rings is 9. The molecule has 1 spiro atoms. The van der Waals surface area contributed by atoms with E-state index in [2.05, 4.69) is 240 Å². The van der Waals surface area contributed by atoms with Crippen LogP contribution in [0.15, 0.2) is 235 Å². The maximum Gasteiger partial charge on any atom is 0.135 e. The molecule has 0 saturated carbocycles. The van der Waals surface area contributed by atoms with E-state index in [1.54, 1.807) is 0 Å². The quantitative estimate of drug-likeness (QED) is 0.161. The molecule has 1 aromatic heterocycles. The van der Waals surface area contributed by atoms with Crippen LogP contribution in [-0.4, -0.2) is 0 Å². The summed E-state index contributed by atoms with van der Waals surface area (Å²) in [5, 5.41) is 1.13. The molecule has 0 aliphatic heterocycles. The second-order valence-corrected chi connectivity index (χ2v) is 15.6. The molecule has 60 heavy (non-hydrogen) atoms. The second-order valence-electron chi connectivity index (χ2n) is 15.6.